The van der Waals surface area contributed by atoms with Crippen LogP contribution in [0, 0.1) is 11.7 Å². The first kappa shape index (κ1) is 14.3. The van der Waals surface area contributed by atoms with E-state index < -0.39 is 0 Å². The van der Waals surface area contributed by atoms with Crippen LogP contribution in [0.3, 0.4) is 0 Å². The fourth-order valence-electron chi connectivity index (χ4n) is 2.77. The maximum absolute atomic E-state index is 13.3. The Hall–Kier alpha value is -1.13. The molecule has 1 aromatic rings. The molecular formula is C15H23FN2O. The number of piperidine rings is 1. The van der Waals surface area contributed by atoms with Crippen LogP contribution in [-0.2, 0) is 11.3 Å². The van der Waals surface area contributed by atoms with Gasteiger partial charge in [-0.3, -0.25) is 0 Å². The Morgan fingerprint density at radius 2 is 2.11 bits per heavy atom. The molecule has 0 radical (unpaired) electrons. The summed E-state index contributed by atoms with van der Waals surface area (Å²) in [6.45, 7) is 3.60. The molecule has 1 saturated heterocycles. The summed E-state index contributed by atoms with van der Waals surface area (Å²) in [7, 11) is 3.65. The first-order valence-corrected chi connectivity index (χ1v) is 6.91. The summed E-state index contributed by atoms with van der Waals surface area (Å²) >= 11 is 0. The van der Waals surface area contributed by atoms with Gasteiger partial charge in [0.05, 0.1) is 0 Å². The topological polar surface area (TPSA) is 24.5 Å². The Morgan fingerprint density at radius 1 is 1.37 bits per heavy atom. The lowest BCUT2D eigenvalue weighted by Crippen LogP contribution is -2.35. The van der Waals surface area contributed by atoms with Gasteiger partial charge in [0, 0.05) is 39.0 Å². The first-order chi connectivity index (χ1) is 9.24. The highest BCUT2D eigenvalue weighted by molar-refractivity contribution is 5.54. The Morgan fingerprint density at radius 3 is 2.74 bits per heavy atom. The van der Waals surface area contributed by atoms with Gasteiger partial charge in [0.1, 0.15) is 5.82 Å². The number of halogens is 1. The van der Waals surface area contributed by atoms with E-state index in [1.54, 1.807) is 19.2 Å². The van der Waals surface area contributed by atoms with Crippen LogP contribution in [0.1, 0.15) is 18.4 Å². The third kappa shape index (κ3) is 3.67. The van der Waals surface area contributed by atoms with Crippen molar-refractivity contribution in [3.63, 3.8) is 0 Å². The standard InChI is InChI=1S/C15H23FN2O/c1-17-10-13-9-14(16)3-4-15(13)18-7-5-12(6-8-18)11-19-2/h3-4,9,12,17H,5-8,10-11H2,1-2H3. The Labute approximate surface area is 114 Å². The number of nitrogens with zero attached hydrogens (tertiary/aromatic N) is 1. The van der Waals surface area contributed by atoms with Crippen LogP contribution in [0.15, 0.2) is 18.2 Å². The molecule has 1 aliphatic rings. The second kappa shape index (κ2) is 6.87. The van der Waals surface area contributed by atoms with E-state index in [1.165, 1.54) is 0 Å². The zero-order valence-electron chi connectivity index (χ0n) is 11.8. The maximum atomic E-state index is 13.3. The van der Waals surface area contributed by atoms with Gasteiger partial charge in [-0.25, -0.2) is 4.39 Å². The minimum Gasteiger partial charge on any atom is -0.384 e. The molecule has 0 aliphatic carbocycles. The van der Waals surface area contributed by atoms with Gasteiger partial charge < -0.3 is 15.0 Å². The van der Waals surface area contributed by atoms with Crippen molar-refractivity contribution in [3.8, 4) is 0 Å². The lowest BCUT2D eigenvalue weighted by Gasteiger charge is -2.34. The molecule has 0 amide bonds. The summed E-state index contributed by atoms with van der Waals surface area (Å²) < 4.78 is 18.6. The Kier molecular flexibility index (Phi) is 5.16. The summed E-state index contributed by atoms with van der Waals surface area (Å²) in [6.07, 6.45) is 2.29. The predicted molar refractivity (Wildman–Crippen MR) is 76.0 cm³/mol. The quantitative estimate of drug-likeness (QED) is 0.885. The monoisotopic (exact) mass is 266 g/mol. The van der Waals surface area contributed by atoms with Gasteiger partial charge in [0.2, 0.25) is 0 Å². The van der Waals surface area contributed by atoms with Crippen molar-refractivity contribution < 1.29 is 9.13 Å². The van der Waals surface area contributed by atoms with Crippen molar-refractivity contribution in [2.75, 3.05) is 38.8 Å². The summed E-state index contributed by atoms with van der Waals surface area (Å²) in [5.41, 5.74) is 2.19. The SMILES string of the molecule is CNCc1cc(F)ccc1N1CCC(COC)CC1. The third-order valence-electron chi connectivity index (χ3n) is 3.77. The molecule has 0 atom stereocenters. The Bertz CT molecular complexity index is 403. The third-order valence-corrected chi connectivity index (χ3v) is 3.77. The number of hydrogen-bond donors (Lipinski definition) is 1. The van der Waals surface area contributed by atoms with Crippen LogP contribution < -0.4 is 10.2 Å². The van der Waals surface area contributed by atoms with Crippen LogP contribution in [0.2, 0.25) is 0 Å². The number of hydrogen-bond acceptors (Lipinski definition) is 3. The minimum absolute atomic E-state index is 0.164. The van der Waals surface area contributed by atoms with E-state index in [9.17, 15) is 4.39 Å². The van der Waals surface area contributed by atoms with Gasteiger partial charge in [-0.1, -0.05) is 0 Å². The molecule has 3 nitrogen and oxygen atoms in total. The second-order valence-corrected chi connectivity index (χ2v) is 5.19. The van der Waals surface area contributed by atoms with Crippen LogP contribution >= 0.6 is 0 Å². The molecule has 1 fully saturated rings. The highest BCUT2D eigenvalue weighted by Gasteiger charge is 2.20. The van der Waals surface area contributed by atoms with E-state index in [0.29, 0.717) is 12.5 Å². The number of nitrogens with one attached hydrogen (secondary N) is 1. The largest absolute Gasteiger partial charge is 0.384 e. The van der Waals surface area contributed by atoms with Crippen molar-refractivity contribution in [1.29, 1.82) is 0 Å². The van der Waals surface area contributed by atoms with Crippen LogP contribution in [-0.4, -0.2) is 33.9 Å². The molecule has 2 rings (SSSR count). The molecule has 1 heterocycles. The average Bonchev–Trinajstić information content (AvgIpc) is 2.41. The van der Waals surface area contributed by atoms with Crippen molar-refractivity contribution in [2.45, 2.75) is 19.4 Å². The summed E-state index contributed by atoms with van der Waals surface area (Å²) in [4.78, 5) is 2.36. The van der Waals surface area contributed by atoms with Crippen molar-refractivity contribution in [1.82, 2.24) is 5.32 Å². The molecule has 4 heteroatoms. The molecule has 0 spiro atoms. The molecule has 0 unspecified atom stereocenters. The molecule has 0 saturated carbocycles. The fourth-order valence-corrected chi connectivity index (χ4v) is 2.77. The smallest absolute Gasteiger partial charge is 0.123 e. The maximum Gasteiger partial charge on any atom is 0.123 e. The van der Waals surface area contributed by atoms with Crippen LogP contribution in [0.4, 0.5) is 10.1 Å². The van der Waals surface area contributed by atoms with Gasteiger partial charge in [0.25, 0.3) is 0 Å². The highest BCUT2D eigenvalue weighted by atomic mass is 19.1. The molecule has 1 aromatic carbocycles. The van der Waals surface area contributed by atoms with Gasteiger partial charge in [-0.05, 0) is 49.6 Å². The number of rotatable bonds is 5. The van der Waals surface area contributed by atoms with Crippen molar-refractivity contribution in [2.24, 2.45) is 5.92 Å². The van der Waals surface area contributed by atoms with Gasteiger partial charge in [0.15, 0.2) is 0 Å². The molecule has 0 bridgehead atoms. The number of anilines is 1. The number of methoxy groups -OCH3 is 1. The van der Waals surface area contributed by atoms with E-state index in [4.69, 9.17) is 4.74 Å². The number of benzene rings is 1. The van der Waals surface area contributed by atoms with Crippen LogP contribution in [0.5, 0.6) is 0 Å². The zero-order valence-corrected chi connectivity index (χ0v) is 11.8. The van der Waals surface area contributed by atoms with Crippen molar-refractivity contribution in [3.05, 3.63) is 29.6 Å². The van der Waals surface area contributed by atoms with E-state index in [1.807, 2.05) is 13.1 Å². The Balaban J connectivity index is 2.06. The molecular weight excluding hydrogens is 243 g/mol. The molecule has 1 aliphatic heterocycles. The summed E-state index contributed by atoms with van der Waals surface area (Å²) in [5.74, 6) is 0.498. The summed E-state index contributed by atoms with van der Waals surface area (Å²) in [5, 5.41) is 3.11. The fraction of sp³-hybridized carbons (Fsp3) is 0.600. The van der Waals surface area contributed by atoms with Crippen molar-refractivity contribution >= 4 is 5.69 Å². The minimum atomic E-state index is -0.164. The van der Waals surface area contributed by atoms with Gasteiger partial charge >= 0.3 is 0 Å². The normalized spacial score (nSPS) is 16.9. The van der Waals surface area contributed by atoms with E-state index in [2.05, 4.69) is 10.2 Å². The van der Waals surface area contributed by atoms with E-state index in [0.717, 1.165) is 43.8 Å². The zero-order chi connectivity index (χ0) is 13.7. The van der Waals surface area contributed by atoms with E-state index in [-0.39, 0.29) is 5.82 Å². The lowest BCUT2D eigenvalue weighted by atomic mass is 9.96. The second-order valence-electron chi connectivity index (χ2n) is 5.19. The first-order valence-electron chi connectivity index (χ1n) is 6.91. The molecule has 19 heavy (non-hydrogen) atoms. The molecule has 0 aromatic heterocycles. The predicted octanol–water partition coefficient (Wildman–Crippen LogP) is 2.41. The lowest BCUT2D eigenvalue weighted by molar-refractivity contribution is 0.139. The average molecular weight is 266 g/mol. The number of ether oxygens (including phenoxy) is 1. The van der Waals surface area contributed by atoms with E-state index >= 15 is 0 Å². The van der Waals surface area contributed by atoms with Crippen LogP contribution in [0.25, 0.3) is 0 Å². The molecule has 1 N–H and O–H groups in total. The van der Waals surface area contributed by atoms with Gasteiger partial charge in [-0.15, -0.1) is 0 Å². The summed E-state index contributed by atoms with van der Waals surface area (Å²) in [6, 6.07) is 5.08. The molecule has 106 valence electrons. The highest BCUT2D eigenvalue weighted by Crippen LogP contribution is 2.27. The van der Waals surface area contributed by atoms with Gasteiger partial charge in [-0.2, -0.15) is 0 Å².